The molecule has 0 amide bonds. The van der Waals surface area contributed by atoms with Gasteiger partial charge in [-0.2, -0.15) is 0 Å². The van der Waals surface area contributed by atoms with Crippen molar-refractivity contribution in [3.05, 3.63) is 41.6 Å². The molecule has 0 bridgehead atoms. The fourth-order valence-corrected chi connectivity index (χ4v) is 1.66. The zero-order valence-corrected chi connectivity index (χ0v) is 9.43. The maximum Gasteiger partial charge on any atom is 0.354 e. The maximum atomic E-state index is 11.3. The number of aliphatic hydroxyl groups is 1. The molecular weight excluding hydrogens is 218 g/mol. The van der Waals surface area contributed by atoms with Gasteiger partial charge in [-0.05, 0) is 17.7 Å². The number of hydrogen-bond acceptors (Lipinski definition) is 3. The van der Waals surface area contributed by atoms with Crippen LogP contribution in [0.25, 0.3) is 17.0 Å². The minimum absolute atomic E-state index is 0.0101. The number of carbonyl (C=O) groups excluding carboxylic acids is 1. The number of carbonyl (C=O) groups is 1. The van der Waals surface area contributed by atoms with Crippen LogP contribution in [-0.2, 0) is 4.74 Å². The number of methoxy groups -OCH3 is 1. The number of aliphatic hydroxyl groups excluding tert-OH is 1. The Balaban J connectivity index is 2.40. The van der Waals surface area contributed by atoms with Gasteiger partial charge in [0.05, 0.1) is 13.7 Å². The van der Waals surface area contributed by atoms with Gasteiger partial charge in [0.25, 0.3) is 0 Å². The summed E-state index contributed by atoms with van der Waals surface area (Å²) >= 11 is 0. The second-order valence-corrected chi connectivity index (χ2v) is 3.61. The first-order chi connectivity index (χ1) is 8.24. The SMILES string of the molecule is COC(=O)c1cc2ccc(C=CCO)cc2[nH]1. The molecule has 2 aromatic rings. The summed E-state index contributed by atoms with van der Waals surface area (Å²) in [6.45, 7) is 0.0101. The number of aromatic amines is 1. The Bertz CT molecular complexity index is 569. The van der Waals surface area contributed by atoms with Gasteiger partial charge in [0.2, 0.25) is 0 Å². The molecule has 88 valence electrons. The van der Waals surface area contributed by atoms with Gasteiger partial charge in [-0.15, -0.1) is 0 Å². The Kier molecular flexibility index (Phi) is 3.25. The van der Waals surface area contributed by atoms with Gasteiger partial charge in [-0.3, -0.25) is 0 Å². The standard InChI is InChI=1S/C13H13NO3/c1-17-13(16)12-8-10-5-4-9(3-2-6-15)7-11(10)14-12/h2-5,7-8,14-15H,6H2,1H3. The summed E-state index contributed by atoms with van der Waals surface area (Å²) in [6.07, 6.45) is 3.48. The average molecular weight is 231 g/mol. The van der Waals surface area contributed by atoms with Crippen molar-refractivity contribution < 1.29 is 14.6 Å². The lowest BCUT2D eigenvalue weighted by molar-refractivity contribution is 0.0595. The first-order valence-corrected chi connectivity index (χ1v) is 5.23. The summed E-state index contributed by atoms with van der Waals surface area (Å²) in [6, 6.07) is 7.49. The van der Waals surface area contributed by atoms with E-state index in [0.29, 0.717) is 5.69 Å². The van der Waals surface area contributed by atoms with Crippen molar-refractivity contribution in [1.82, 2.24) is 4.98 Å². The van der Waals surface area contributed by atoms with E-state index in [1.807, 2.05) is 24.3 Å². The molecule has 2 N–H and O–H groups in total. The van der Waals surface area contributed by atoms with E-state index >= 15 is 0 Å². The van der Waals surface area contributed by atoms with Crippen LogP contribution in [0.2, 0.25) is 0 Å². The Morgan fingerprint density at radius 3 is 3.00 bits per heavy atom. The summed E-state index contributed by atoms with van der Waals surface area (Å²) in [5, 5.41) is 9.64. The predicted octanol–water partition coefficient (Wildman–Crippen LogP) is 1.96. The van der Waals surface area contributed by atoms with E-state index in [2.05, 4.69) is 9.72 Å². The van der Waals surface area contributed by atoms with Gasteiger partial charge in [-0.25, -0.2) is 4.79 Å². The molecule has 4 heteroatoms. The van der Waals surface area contributed by atoms with Gasteiger partial charge in [0, 0.05) is 10.9 Å². The van der Waals surface area contributed by atoms with E-state index in [1.165, 1.54) is 7.11 Å². The molecular formula is C13H13NO3. The Morgan fingerprint density at radius 1 is 1.47 bits per heavy atom. The van der Waals surface area contributed by atoms with Gasteiger partial charge < -0.3 is 14.8 Å². The van der Waals surface area contributed by atoms with E-state index in [4.69, 9.17) is 5.11 Å². The number of ether oxygens (including phenoxy) is 1. The predicted molar refractivity (Wildman–Crippen MR) is 65.8 cm³/mol. The monoisotopic (exact) mass is 231 g/mol. The second-order valence-electron chi connectivity index (χ2n) is 3.61. The van der Waals surface area contributed by atoms with Crippen molar-refractivity contribution >= 4 is 22.9 Å². The number of nitrogens with one attached hydrogen (secondary N) is 1. The summed E-state index contributed by atoms with van der Waals surface area (Å²) in [4.78, 5) is 14.3. The van der Waals surface area contributed by atoms with Crippen LogP contribution in [0.15, 0.2) is 30.3 Å². The van der Waals surface area contributed by atoms with Crippen LogP contribution in [-0.4, -0.2) is 29.8 Å². The number of hydrogen-bond donors (Lipinski definition) is 2. The minimum Gasteiger partial charge on any atom is -0.464 e. The maximum absolute atomic E-state index is 11.3. The number of fused-ring (bicyclic) bond motifs is 1. The highest BCUT2D eigenvalue weighted by atomic mass is 16.5. The van der Waals surface area contributed by atoms with E-state index < -0.39 is 0 Å². The number of esters is 1. The highest BCUT2D eigenvalue weighted by molar-refractivity contribution is 5.95. The van der Waals surface area contributed by atoms with E-state index in [1.54, 1.807) is 12.1 Å². The van der Waals surface area contributed by atoms with Gasteiger partial charge in [0.15, 0.2) is 0 Å². The Labute approximate surface area is 98.5 Å². The molecule has 1 aromatic heterocycles. The summed E-state index contributed by atoms with van der Waals surface area (Å²) in [5.74, 6) is -0.381. The summed E-state index contributed by atoms with van der Waals surface area (Å²) in [5.41, 5.74) is 2.26. The Hall–Kier alpha value is -2.07. The van der Waals surface area contributed by atoms with Gasteiger partial charge >= 0.3 is 5.97 Å². The molecule has 0 spiro atoms. The molecule has 0 aliphatic carbocycles. The third-order valence-corrected chi connectivity index (χ3v) is 2.47. The number of aromatic nitrogens is 1. The topological polar surface area (TPSA) is 62.3 Å². The highest BCUT2D eigenvalue weighted by Crippen LogP contribution is 2.18. The van der Waals surface area contributed by atoms with Crippen LogP contribution in [0, 0.1) is 0 Å². The molecule has 0 saturated carbocycles. The molecule has 0 unspecified atom stereocenters. The van der Waals surface area contributed by atoms with Crippen molar-refractivity contribution in [3.63, 3.8) is 0 Å². The van der Waals surface area contributed by atoms with E-state index in [0.717, 1.165) is 16.5 Å². The molecule has 0 atom stereocenters. The third kappa shape index (κ3) is 2.37. The fraction of sp³-hybridized carbons (Fsp3) is 0.154. The molecule has 2 rings (SSSR count). The summed E-state index contributed by atoms with van der Waals surface area (Å²) < 4.78 is 4.64. The first kappa shape index (κ1) is 11.4. The van der Waals surface area contributed by atoms with Gasteiger partial charge in [0.1, 0.15) is 5.69 Å². The van der Waals surface area contributed by atoms with Crippen molar-refractivity contribution in [2.75, 3.05) is 13.7 Å². The fourth-order valence-electron chi connectivity index (χ4n) is 1.66. The lowest BCUT2D eigenvalue weighted by Crippen LogP contribution is -2.00. The van der Waals surface area contributed by atoms with Crippen molar-refractivity contribution in [2.24, 2.45) is 0 Å². The quantitative estimate of drug-likeness (QED) is 0.794. The molecule has 0 aliphatic heterocycles. The van der Waals surface area contributed by atoms with Crippen molar-refractivity contribution in [1.29, 1.82) is 0 Å². The molecule has 4 nitrogen and oxygen atoms in total. The van der Waals surface area contributed by atoms with Crippen LogP contribution < -0.4 is 0 Å². The molecule has 17 heavy (non-hydrogen) atoms. The normalized spacial score (nSPS) is 11.2. The van der Waals surface area contributed by atoms with Crippen LogP contribution in [0.4, 0.5) is 0 Å². The molecule has 1 aromatic carbocycles. The third-order valence-electron chi connectivity index (χ3n) is 2.47. The number of rotatable bonds is 3. The number of H-pyrrole nitrogens is 1. The van der Waals surface area contributed by atoms with Crippen LogP contribution >= 0.6 is 0 Å². The number of benzene rings is 1. The Morgan fingerprint density at radius 2 is 2.29 bits per heavy atom. The lowest BCUT2D eigenvalue weighted by Gasteiger charge is -1.94. The molecule has 0 saturated heterocycles. The highest BCUT2D eigenvalue weighted by Gasteiger charge is 2.08. The largest absolute Gasteiger partial charge is 0.464 e. The van der Waals surface area contributed by atoms with Crippen LogP contribution in [0.3, 0.4) is 0 Å². The second kappa shape index (κ2) is 4.84. The molecule has 0 aliphatic rings. The minimum atomic E-state index is -0.381. The van der Waals surface area contributed by atoms with Crippen LogP contribution in [0.5, 0.6) is 0 Å². The lowest BCUT2D eigenvalue weighted by atomic mass is 10.1. The zero-order chi connectivity index (χ0) is 12.3. The average Bonchev–Trinajstić information content (AvgIpc) is 2.78. The van der Waals surface area contributed by atoms with Crippen molar-refractivity contribution in [3.8, 4) is 0 Å². The zero-order valence-electron chi connectivity index (χ0n) is 9.43. The molecule has 0 radical (unpaired) electrons. The van der Waals surface area contributed by atoms with Gasteiger partial charge in [-0.1, -0.05) is 24.3 Å². The molecule has 0 fully saturated rings. The summed E-state index contributed by atoms with van der Waals surface area (Å²) in [7, 11) is 1.35. The van der Waals surface area contributed by atoms with Crippen LogP contribution in [0.1, 0.15) is 16.1 Å². The molecule has 1 heterocycles. The van der Waals surface area contributed by atoms with Crippen molar-refractivity contribution in [2.45, 2.75) is 0 Å². The van der Waals surface area contributed by atoms with E-state index in [-0.39, 0.29) is 12.6 Å². The smallest absolute Gasteiger partial charge is 0.354 e. The van der Waals surface area contributed by atoms with E-state index in [9.17, 15) is 4.79 Å². The first-order valence-electron chi connectivity index (χ1n) is 5.23.